The predicted octanol–water partition coefficient (Wildman–Crippen LogP) is 4.25. The summed E-state index contributed by atoms with van der Waals surface area (Å²) in [6.45, 7) is 3.75. The number of aromatic nitrogens is 1. The number of carbonyl (C=O) groups is 2. The Labute approximate surface area is 209 Å². The number of rotatable bonds is 5. The van der Waals surface area contributed by atoms with Crippen LogP contribution in [-0.4, -0.2) is 70.7 Å². The minimum Gasteiger partial charge on any atom is -0.472 e. The van der Waals surface area contributed by atoms with E-state index in [1.54, 1.807) is 17.9 Å². The van der Waals surface area contributed by atoms with Crippen LogP contribution in [0.1, 0.15) is 29.8 Å². The number of anilines is 1. The fraction of sp³-hybridized carbons (Fsp3) is 0.435. The van der Waals surface area contributed by atoms with E-state index in [1.807, 2.05) is 6.92 Å². The smallest absolute Gasteiger partial charge is 0.416 e. The Morgan fingerprint density at radius 3 is 2.63 bits per heavy atom. The Hall–Kier alpha value is -2.86. The lowest BCUT2D eigenvalue weighted by Crippen LogP contribution is -2.50. The van der Waals surface area contributed by atoms with Crippen molar-refractivity contribution in [3.63, 3.8) is 0 Å². The highest BCUT2D eigenvalue weighted by Crippen LogP contribution is 2.30. The summed E-state index contributed by atoms with van der Waals surface area (Å²) in [6.07, 6.45) is -3.53. The van der Waals surface area contributed by atoms with Gasteiger partial charge in [0.05, 0.1) is 24.8 Å². The maximum Gasteiger partial charge on any atom is 0.416 e. The predicted molar refractivity (Wildman–Crippen MR) is 126 cm³/mol. The van der Waals surface area contributed by atoms with Crippen LogP contribution >= 0.6 is 15.9 Å². The zero-order valence-electron chi connectivity index (χ0n) is 19.3. The van der Waals surface area contributed by atoms with Crippen molar-refractivity contribution in [1.29, 1.82) is 0 Å². The molecule has 0 aliphatic carbocycles. The molecular formula is C23H26BrF3N4O4. The van der Waals surface area contributed by atoms with Gasteiger partial charge >= 0.3 is 12.2 Å². The van der Waals surface area contributed by atoms with Gasteiger partial charge in [-0.1, -0.05) is 6.92 Å². The van der Waals surface area contributed by atoms with Crippen molar-refractivity contribution in [3.8, 4) is 5.88 Å². The summed E-state index contributed by atoms with van der Waals surface area (Å²) in [5.41, 5.74) is -0.366. The lowest BCUT2D eigenvalue weighted by molar-refractivity contribution is -0.137. The van der Waals surface area contributed by atoms with E-state index in [1.165, 1.54) is 30.3 Å². The number of fused-ring (bicyclic) bond motifs is 1. The van der Waals surface area contributed by atoms with Gasteiger partial charge in [0, 0.05) is 35.9 Å². The highest BCUT2D eigenvalue weighted by atomic mass is 79.9. The maximum absolute atomic E-state index is 13.1. The van der Waals surface area contributed by atoms with Gasteiger partial charge < -0.3 is 25.0 Å². The molecule has 0 fully saturated rings. The molecule has 2 heterocycles. The Bertz CT molecular complexity index is 1070. The second-order valence-electron chi connectivity index (χ2n) is 8.51. The molecule has 0 unspecified atom stereocenters. The number of carbonyl (C=O) groups excluding carboxylic acids is 2. The molecule has 1 aliphatic rings. The first-order chi connectivity index (χ1) is 16.4. The average molecular weight is 559 g/mol. The van der Waals surface area contributed by atoms with Crippen LogP contribution in [0.4, 0.5) is 23.7 Å². The Morgan fingerprint density at radius 1 is 1.37 bits per heavy atom. The molecule has 1 aliphatic heterocycles. The first-order valence-corrected chi connectivity index (χ1v) is 11.6. The van der Waals surface area contributed by atoms with E-state index < -0.39 is 29.9 Å². The second-order valence-corrected chi connectivity index (χ2v) is 9.43. The van der Waals surface area contributed by atoms with Gasteiger partial charge in [-0.05, 0) is 53.2 Å². The van der Waals surface area contributed by atoms with Gasteiger partial charge in [-0.15, -0.1) is 0 Å². The minimum absolute atomic E-state index is 0.111. The van der Waals surface area contributed by atoms with Crippen LogP contribution in [0.3, 0.4) is 0 Å². The maximum atomic E-state index is 13.1. The highest BCUT2D eigenvalue weighted by Gasteiger charge is 2.35. The van der Waals surface area contributed by atoms with Gasteiger partial charge in [0.15, 0.2) is 0 Å². The molecular weight excluding hydrogens is 533 g/mol. The van der Waals surface area contributed by atoms with E-state index in [2.05, 4.69) is 26.2 Å². The number of halogens is 4. The molecule has 1 aromatic heterocycles. The molecule has 12 heteroatoms. The number of amides is 3. The molecule has 3 atom stereocenters. The topological polar surface area (TPSA) is 95.0 Å². The monoisotopic (exact) mass is 558 g/mol. The fourth-order valence-electron chi connectivity index (χ4n) is 3.61. The molecule has 0 bridgehead atoms. The van der Waals surface area contributed by atoms with Crippen LogP contribution in [0.5, 0.6) is 5.88 Å². The molecule has 3 amide bonds. The van der Waals surface area contributed by atoms with E-state index in [0.717, 1.165) is 12.1 Å². The molecule has 0 spiro atoms. The number of urea groups is 1. The van der Waals surface area contributed by atoms with Crippen molar-refractivity contribution in [1.82, 2.24) is 14.8 Å². The van der Waals surface area contributed by atoms with Crippen LogP contribution in [0, 0.1) is 5.92 Å². The number of likely N-dealkylation sites (N-methyl/N-ethyl adjacent to an activating group) is 1. The third kappa shape index (κ3) is 6.43. The molecule has 0 radical (unpaired) electrons. The van der Waals surface area contributed by atoms with Gasteiger partial charge in [0.25, 0.3) is 5.91 Å². The molecule has 190 valence electrons. The molecule has 8 nitrogen and oxygen atoms in total. The summed E-state index contributed by atoms with van der Waals surface area (Å²) in [5, 5.41) is 12.2. The van der Waals surface area contributed by atoms with Crippen molar-refractivity contribution in [2.45, 2.75) is 32.2 Å². The molecule has 0 saturated carbocycles. The van der Waals surface area contributed by atoms with Crippen LogP contribution < -0.4 is 10.1 Å². The summed E-state index contributed by atoms with van der Waals surface area (Å²) >= 11 is 3.31. The van der Waals surface area contributed by atoms with Crippen molar-refractivity contribution in [3.05, 3.63) is 52.1 Å². The number of pyridine rings is 1. The van der Waals surface area contributed by atoms with E-state index in [9.17, 15) is 27.9 Å². The number of hydrogen-bond donors (Lipinski definition) is 2. The van der Waals surface area contributed by atoms with Crippen molar-refractivity contribution >= 4 is 33.6 Å². The molecule has 2 aromatic rings. The number of ether oxygens (including phenoxy) is 1. The quantitative estimate of drug-likeness (QED) is 0.572. The molecule has 35 heavy (non-hydrogen) atoms. The third-order valence-corrected chi connectivity index (χ3v) is 6.19. The van der Waals surface area contributed by atoms with Gasteiger partial charge in [0.1, 0.15) is 11.7 Å². The Balaban J connectivity index is 1.78. The van der Waals surface area contributed by atoms with Crippen LogP contribution in [0.25, 0.3) is 0 Å². The number of benzene rings is 1. The number of aliphatic hydroxyl groups excluding tert-OH is 1. The first kappa shape index (κ1) is 26.7. The summed E-state index contributed by atoms with van der Waals surface area (Å²) in [7, 11) is 1.53. The largest absolute Gasteiger partial charge is 0.472 e. The summed E-state index contributed by atoms with van der Waals surface area (Å²) < 4.78 is 45.0. The molecule has 3 rings (SSSR count). The standard InChI is InChI=1S/C23H26BrF3N4O4/c1-13-10-31(14(2)12-32)21(33)18-8-16(24)9-28-20(18)35-19(13)11-30(3)22(34)29-17-6-4-15(5-7-17)23(25,26)27/h4-9,13-14,19,32H,10-12H2,1-3H3,(H,29,34)/t13-,14+,19-/m0/s1. The van der Waals surface area contributed by atoms with E-state index in [0.29, 0.717) is 4.47 Å². The van der Waals surface area contributed by atoms with E-state index in [4.69, 9.17) is 4.74 Å². The lowest BCUT2D eigenvalue weighted by atomic mass is 10.0. The van der Waals surface area contributed by atoms with Crippen LogP contribution in [0.15, 0.2) is 41.0 Å². The zero-order chi connectivity index (χ0) is 25.9. The highest BCUT2D eigenvalue weighted by molar-refractivity contribution is 9.10. The summed E-state index contributed by atoms with van der Waals surface area (Å²) in [6, 6.07) is 4.76. The van der Waals surface area contributed by atoms with Crippen LogP contribution in [-0.2, 0) is 6.18 Å². The van der Waals surface area contributed by atoms with Crippen molar-refractivity contribution in [2.75, 3.05) is 32.1 Å². The molecule has 1 aromatic carbocycles. The zero-order valence-corrected chi connectivity index (χ0v) is 20.9. The normalized spacial score (nSPS) is 19.2. The summed E-state index contributed by atoms with van der Waals surface area (Å²) in [4.78, 5) is 33.0. The van der Waals surface area contributed by atoms with Crippen molar-refractivity contribution in [2.24, 2.45) is 5.92 Å². The Kier molecular flexibility index (Phi) is 8.26. The number of aliphatic hydroxyl groups is 1. The Morgan fingerprint density at radius 2 is 2.03 bits per heavy atom. The molecule has 0 saturated heterocycles. The number of alkyl halides is 3. The van der Waals surface area contributed by atoms with E-state index >= 15 is 0 Å². The summed E-state index contributed by atoms with van der Waals surface area (Å²) in [5.74, 6) is -0.455. The fourth-order valence-corrected chi connectivity index (χ4v) is 3.94. The third-order valence-electron chi connectivity index (χ3n) is 5.75. The molecule has 2 N–H and O–H groups in total. The first-order valence-electron chi connectivity index (χ1n) is 10.8. The van der Waals surface area contributed by atoms with Gasteiger partial charge in [-0.2, -0.15) is 13.2 Å². The van der Waals surface area contributed by atoms with Gasteiger partial charge in [0.2, 0.25) is 5.88 Å². The number of hydrogen-bond acceptors (Lipinski definition) is 5. The van der Waals surface area contributed by atoms with Gasteiger partial charge in [-0.3, -0.25) is 4.79 Å². The van der Waals surface area contributed by atoms with Crippen molar-refractivity contribution < 1.29 is 32.6 Å². The average Bonchev–Trinajstić information content (AvgIpc) is 2.81. The minimum atomic E-state index is -4.46. The SMILES string of the molecule is C[C@H](CO)N1C[C@H](C)[C@H](CN(C)C(=O)Nc2ccc(C(F)(F)F)cc2)Oc2ncc(Br)cc2C1=O. The number of nitrogens with zero attached hydrogens (tertiary/aromatic N) is 3. The van der Waals surface area contributed by atoms with Crippen LogP contribution in [0.2, 0.25) is 0 Å². The van der Waals surface area contributed by atoms with E-state index in [-0.39, 0.29) is 48.7 Å². The van der Waals surface area contributed by atoms with Gasteiger partial charge in [-0.25, -0.2) is 9.78 Å². The second kappa shape index (κ2) is 10.8. The lowest BCUT2D eigenvalue weighted by Gasteiger charge is -2.37. The number of nitrogens with one attached hydrogen (secondary N) is 1.